The number of nitrogens with zero attached hydrogens (tertiary/aromatic N) is 2. The number of aromatic amines is 2. The number of hydrogen-bond donors (Lipinski definition) is 8. The van der Waals surface area contributed by atoms with Crippen LogP contribution in [0.25, 0.3) is 21.8 Å². The lowest BCUT2D eigenvalue weighted by Crippen LogP contribution is -2.43. The molecule has 0 radical (unpaired) electrons. The molecule has 0 aliphatic carbocycles. The Kier molecular flexibility index (Phi) is 23.0. The van der Waals surface area contributed by atoms with Crippen LogP contribution in [0.5, 0.6) is 23.0 Å². The summed E-state index contributed by atoms with van der Waals surface area (Å²) in [6.45, 7) is 28.0. The highest BCUT2D eigenvalue weighted by Crippen LogP contribution is 2.43. The summed E-state index contributed by atoms with van der Waals surface area (Å²) in [7, 11) is -1.42. The fraction of sp³-hybridized carbons (Fsp3) is 0.515. The van der Waals surface area contributed by atoms with Gasteiger partial charge in [0.1, 0.15) is 23.0 Å². The lowest BCUT2D eigenvalue weighted by Gasteiger charge is -2.39. The minimum Gasteiger partial charge on any atom is -0.506 e. The van der Waals surface area contributed by atoms with Gasteiger partial charge in [0.15, 0.2) is 16.6 Å². The number of likely N-dealkylation sites (tertiary alicyclic amines) is 2. The van der Waals surface area contributed by atoms with Crippen molar-refractivity contribution in [3.05, 3.63) is 126 Å². The monoisotopic (exact) mass is 1300 g/mol. The summed E-state index contributed by atoms with van der Waals surface area (Å²) < 4.78 is 32.2. The van der Waals surface area contributed by atoms with Gasteiger partial charge in [0, 0.05) is 124 Å². The van der Waals surface area contributed by atoms with E-state index in [4.69, 9.17) is 46.3 Å². The number of benzene rings is 4. The number of carbonyl (C=O) groups excluding carboxylic acids is 2. The number of methoxy groups -OCH3 is 2. The number of halogens is 2. The molecular formula is C66H92Cl2N8O11Si2. The summed E-state index contributed by atoms with van der Waals surface area (Å²) in [6, 6.07) is 20.3. The summed E-state index contributed by atoms with van der Waals surface area (Å²) >= 11 is 13.6. The first-order valence-corrected chi connectivity index (χ1v) is 37.5. The topological polar surface area (TPSA) is 241 Å². The molecule has 0 unspecified atom stereocenters. The zero-order valence-corrected chi connectivity index (χ0v) is 57.3. The predicted molar refractivity (Wildman–Crippen MR) is 360 cm³/mol. The van der Waals surface area contributed by atoms with Gasteiger partial charge in [-0.3, -0.25) is 19.2 Å². The van der Waals surface area contributed by atoms with E-state index in [1.165, 1.54) is 12.1 Å². The van der Waals surface area contributed by atoms with Gasteiger partial charge < -0.3 is 74.3 Å². The molecule has 19 nitrogen and oxygen atoms in total. The van der Waals surface area contributed by atoms with E-state index in [0.717, 1.165) is 74.1 Å². The Morgan fingerprint density at radius 2 is 0.966 bits per heavy atom. The van der Waals surface area contributed by atoms with Crippen molar-refractivity contribution < 1.29 is 42.9 Å². The first-order valence-electron chi connectivity index (χ1n) is 30.9. The second kappa shape index (κ2) is 29.6. The van der Waals surface area contributed by atoms with E-state index in [2.05, 4.69) is 109 Å². The number of hydrogen-bond acceptors (Lipinski definition) is 15. The first-order chi connectivity index (χ1) is 42.0. The number of rotatable bonds is 26. The second-order valence-electron chi connectivity index (χ2n) is 26.7. The van der Waals surface area contributed by atoms with Crippen LogP contribution >= 0.6 is 23.2 Å². The van der Waals surface area contributed by atoms with Crippen LogP contribution in [0.1, 0.15) is 115 Å². The molecule has 2 aromatic heterocycles. The Morgan fingerprint density at radius 3 is 1.31 bits per heavy atom. The molecule has 2 aliphatic rings. The molecule has 8 N–H and O–H groups in total. The highest BCUT2D eigenvalue weighted by molar-refractivity contribution is 6.74. The van der Waals surface area contributed by atoms with Crippen molar-refractivity contribution in [1.29, 1.82) is 0 Å². The fourth-order valence-electron chi connectivity index (χ4n) is 11.0. The van der Waals surface area contributed by atoms with Gasteiger partial charge in [0.2, 0.25) is 22.9 Å². The number of amides is 2. The van der Waals surface area contributed by atoms with Gasteiger partial charge in [-0.15, -0.1) is 0 Å². The molecule has 4 aromatic carbocycles. The number of phenolic OH excluding ortho intramolecular Hbond substituents is 2. The van der Waals surface area contributed by atoms with Crippen LogP contribution in [0.3, 0.4) is 0 Å². The second-order valence-corrected chi connectivity index (χ2v) is 37.0. The van der Waals surface area contributed by atoms with Crippen LogP contribution in [-0.2, 0) is 36.3 Å². The van der Waals surface area contributed by atoms with Crippen molar-refractivity contribution in [2.75, 3.05) is 77.2 Å². The molecule has 2 amide bonds. The highest BCUT2D eigenvalue weighted by Gasteiger charge is 2.41. The maximum Gasteiger partial charge on any atom is 0.248 e. The molecule has 2 atom stereocenters. The number of carbonyl (C=O) groups is 2. The number of nitrogens with one attached hydrogen (secondary N) is 6. The largest absolute Gasteiger partial charge is 0.506 e. The summed E-state index contributed by atoms with van der Waals surface area (Å²) in [4.78, 5) is 61.3. The van der Waals surface area contributed by atoms with Gasteiger partial charge in [-0.2, -0.15) is 0 Å². The van der Waals surface area contributed by atoms with Crippen molar-refractivity contribution in [2.45, 2.75) is 154 Å². The Balaban J connectivity index is 0.744. The normalized spacial score (nSPS) is 16.0. The van der Waals surface area contributed by atoms with E-state index in [0.29, 0.717) is 107 Å². The van der Waals surface area contributed by atoms with E-state index in [1.807, 2.05) is 12.1 Å². The molecule has 0 bridgehead atoms. The lowest BCUT2D eigenvalue weighted by molar-refractivity contribution is -0.117. The Morgan fingerprint density at radius 1 is 0.596 bits per heavy atom. The summed E-state index contributed by atoms with van der Waals surface area (Å²) in [5, 5.41) is 36.4. The van der Waals surface area contributed by atoms with Crippen molar-refractivity contribution >= 4 is 84.8 Å². The number of piperidine rings is 2. The zero-order valence-electron chi connectivity index (χ0n) is 53.8. The zero-order chi connectivity index (χ0) is 64.6. The molecule has 89 heavy (non-hydrogen) atoms. The molecule has 2 saturated heterocycles. The number of H-pyrrole nitrogens is 2. The van der Waals surface area contributed by atoms with E-state index in [1.54, 1.807) is 62.8 Å². The molecule has 2 fully saturated rings. The predicted octanol–water partition coefficient (Wildman–Crippen LogP) is 12.1. The van der Waals surface area contributed by atoms with Gasteiger partial charge in [-0.25, -0.2) is 0 Å². The minimum absolute atomic E-state index is 0.00994. The van der Waals surface area contributed by atoms with Crippen LogP contribution in [0.15, 0.2) is 82.4 Å². The third kappa shape index (κ3) is 17.8. The number of aromatic nitrogens is 2. The van der Waals surface area contributed by atoms with Crippen LogP contribution in [0, 0.1) is 0 Å². The fourth-order valence-corrected chi connectivity index (χ4v) is 14.1. The summed E-state index contributed by atoms with van der Waals surface area (Å²) in [5.41, 5.74) is 4.37. The standard InChI is InChI=1S/C66H92Cl2N8O11Si2/c1-65(2,3)88(9,10)86-57(45-13-17-53(77)63-47(45)15-19-59(79)73-63)39-69-37-41-33-49(67)51(35-55(41)83-7)71-61(81)25-31-75-27-21-43(22-28-75)85-44-23-29-76(30-24-44)32-26-62(82)72-52-36-56(84-8)42(34-50(52)68)38-70-40-58(87-89(11,12)66(4,5)6)46-14-18-54(78)64-48(46)16-20-60(80)74-64/h13-20,33-36,43-44,57-58,69-70,77-78H,21-32,37-40H2,1-12H3,(H,71,81)(H,72,82)(H,73,79)(H,74,80)/t57-,58-/m0/s1. The maximum absolute atomic E-state index is 13.3. The van der Waals surface area contributed by atoms with Crippen molar-refractivity contribution in [3.8, 4) is 23.0 Å². The van der Waals surface area contributed by atoms with Crippen LogP contribution in [0.2, 0.25) is 46.3 Å². The van der Waals surface area contributed by atoms with Gasteiger partial charge in [-0.1, -0.05) is 76.9 Å². The minimum atomic E-state index is -2.30. The van der Waals surface area contributed by atoms with Gasteiger partial charge in [0.05, 0.1) is 71.1 Å². The van der Waals surface area contributed by atoms with E-state index in [-0.39, 0.29) is 56.7 Å². The number of fused-ring (bicyclic) bond motifs is 2. The Hall–Kier alpha value is -5.83. The summed E-state index contributed by atoms with van der Waals surface area (Å²) in [6.07, 6.45) is 3.64. The molecule has 484 valence electrons. The highest BCUT2D eigenvalue weighted by atomic mass is 35.5. The van der Waals surface area contributed by atoms with Gasteiger partial charge >= 0.3 is 0 Å². The van der Waals surface area contributed by atoms with Crippen molar-refractivity contribution in [1.82, 2.24) is 30.4 Å². The molecule has 4 heterocycles. The first kappa shape index (κ1) is 69.1. The van der Waals surface area contributed by atoms with E-state index >= 15 is 0 Å². The number of anilines is 2. The average molecular weight is 1300 g/mol. The van der Waals surface area contributed by atoms with E-state index < -0.39 is 28.8 Å². The molecular weight excluding hydrogens is 1210 g/mol. The van der Waals surface area contributed by atoms with Crippen LogP contribution < -0.4 is 41.9 Å². The molecule has 0 saturated carbocycles. The van der Waals surface area contributed by atoms with Crippen molar-refractivity contribution in [3.63, 3.8) is 0 Å². The number of phenols is 2. The lowest BCUT2D eigenvalue weighted by atomic mass is 10.0. The molecule has 2 aliphatic heterocycles. The van der Waals surface area contributed by atoms with Gasteiger partial charge in [-0.05, 0) is 109 Å². The maximum atomic E-state index is 13.3. The quantitative estimate of drug-likeness (QED) is 0.0236. The van der Waals surface area contributed by atoms with Crippen LogP contribution in [0.4, 0.5) is 11.4 Å². The van der Waals surface area contributed by atoms with Crippen LogP contribution in [-0.4, -0.2) is 137 Å². The molecule has 6 aromatic rings. The number of pyridine rings is 2. The Labute approximate surface area is 535 Å². The molecule has 8 rings (SSSR count). The third-order valence-corrected chi connectivity index (χ3v) is 27.9. The van der Waals surface area contributed by atoms with E-state index in [9.17, 15) is 29.4 Å². The number of ether oxygens (including phenoxy) is 3. The molecule has 23 heteroatoms. The number of aromatic hydroxyl groups is 2. The van der Waals surface area contributed by atoms with Crippen molar-refractivity contribution in [2.24, 2.45) is 0 Å². The Bertz CT molecular complexity index is 3340. The summed E-state index contributed by atoms with van der Waals surface area (Å²) in [5.74, 6) is 0.833. The SMILES string of the molecule is COc1cc(NC(=O)CCN2CCC(OC3CCN(CCC(=O)Nc4cc(OC)c(CNC[C@H](O[Si](C)(C)C(C)(C)C)c5ccc(O)c6[nH]c(=O)ccc56)cc4Cl)CC3)CC2)c(Cl)cc1CNC[C@H](O[Si](C)(C)C(C)(C)C)c1ccc(O)c2[nH]c(=O)ccc12. The molecule has 0 spiro atoms. The van der Waals surface area contributed by atoms with Gasteiger partial charge in [0.25, 0.3) is 0 Å². The third-order valence-electron chi connectivity index (χ3n) is 18.3. The smallest absolute Gasteiger partial charge is 0.248 e. The average Bonchev–Trinajstić information content (AvgIpc) is 2.29.